The molecule has 2 aromatic heterocycles. The third-order valence-corrected chi connectivity index (χ3v) is 2.47. The average molecular weight is 201 g/mol. The first-order valence-corrected chi connectivity index (χ1v) is 4.38. The number of aromatic nitrogens is 2. The highest BCUT2D eigenvalue weighted by Crippen LogP contribution is 2.25. The highest BCUT2D eigenvalue weighted by Gasteiger charge is 2.03. The number of fused-ring (bicyclic) bond motifs is 1. The van der Waals surface area contributed by atoms with Gasteiger partial charge in [0.15, 0.2) is 10.8 Å². The molecule has 0 bridgehead atoms. The van der Waals surface area contributed by atoms with Gasteiger partial charge in [-0.1, -0.05) is 22.9 Å². The van der Waals surface area contributed by atoms with Crippen LogP contribution in [0.5, 0.6) is 0 Å². The predicted octanol–water partition coefficient (Wildman–Crippen LogP) is 1.63. The van der Waals surface area contributed by atoms with E-state index < -0.39 is 0 Å². The van der Waals surface area contributed by atoms with Gasteiger partial charge in [-0.05, 0) is 6.07 Å². The van der Waals surface area contributed by atoms with Crippen LogP contribution in [-0.4, -0.2) is 9.97 Å². The summed E-state index contributed by atoms with van der Waals surface area (Å²) in [6.45, 7) is 0. The van der Waals surface area contributed by atoms with Gasteiger partial charge in [-0.25, -0.2) is 10.8 Å². The van der Waals surface area contributed by atoms with Crippen LogP contribution in [0.25, 0.3) is 10.3 Å². The van der Waals surface area contributed by atoms with Crippen LogP contribution in [0.2, 0.25) is 5.02 Å². The standard InChI is InChI=1S/C6H5ClN4S/c7-3-1-4-5(9-2-3)10-6(11-8)12-4/h1-2H,8H2,(H,9,10,11). The number of hydrazine groups is 1. The van der Waals surface area contributed by atoms with Gasteiger partial charge in [0.25, 0.3) is 0 Å². The van der Waals surface area contributed by atoms with Crippen LogP contribution in [0.15, 0.2) is 12.3 Å². The van der Waals surface area contributed by atoms with Gasteiger partial charge < -0.3 is 0 Å². The molecule has 0 aliphatic carbocycles. The molecule has 0 unspecified atom stereocenters. The minimum Gasteiger partial charge on any atom is -0.300 e. The van der Waals surface area contributed by atoms with Crippen LogP contribution in [0, 0.1) is 0 Å². The number of nitrogens with one attached hydrogen (secondary N) is 1. The van der Waals surface area contributed by atoms with Crippen molar-refractivity contribution in [1.82, 2.24) is 9.97 Å². The maximum Gasteiger partial charge on any atom is 0.199 e. The van der Waals surface area contributed by atoms with Gasteiger partial charge in [0.1, 0.15) is 0 Å². The molecule has 2 aromatic rings. The van der Waals surface area contributed by atoms with E-state index in [1.54, 1.807) is 6.20 Å². The van der Waals surface area contributed by atoms with Crippen molar-refractivity contribution in [1.29, 1.82) is 0 Å². The molecule has 0 fully saturated rings. The first-order valence-electron chi connectivity index (χ1n) is 3.18. The maximum absolute atomic E-state index is 5.74. The van der Waals surface area contributed by atoms with E-state index in [0.29, 0.717) is 15.8 Å². The van der Waals surface area contributed by atoms with E-state index in [4.69, 9.17) is 17.4 Å². The lowest BCUT2D eigenvalue weighted by atomic mass is 10.5. The predicted molar refractivity (Wildman–Crippen MR) is 50.2 cm³/mol. The highest BCUT2D eigenvalue weighted by molar-refractivity contribution is 7.22. The molecule has 4 nitrogen and oxygen atoms in total. The fourth-order valence-electron chi connectivity index (χ4n) is 0.857. The Balaban J connectivity index is 2.67. The number of nitrogens with two attached hydrogens (primary N) is 1. The number of pyridine rings is 1. The van der Waals surface area contributed by atoms with Crippen LogP contribution in [-0.2, 0) is 0 Å². The van der Waals surface area contributed by atoms with Gasteiger partial charge in [-0.15, -0.1) is 0 Å². The molecule has 0 spiro atoms. The first-order chi connectivity index (χ1) is 5.79. The van der Waals surface area contributed by atoms with Crippen molar-refractivity contribution in [3.63, 3.8) is 0 Å². The van der Waals surface area contributed by atoms with Crippen molar-refractivity contribution in [3.05, 3.63) is 17.3 Å². The number of nitrogens with zero attached hydrogens (tertiary/aromatic N) is 2. The number of rotatable bonds is 1. The van der Waals surface area contributed by atoms with Gasteiger partial charge >= 0.3 is 0 Å². The third kappa shape index (κ3) is 1.22. The van der Waals surface area contributed by atoms with Gasteiger partial charge in [0, 0.05) is 6.20 Å². The molecule has 0 aliphatic rings. The third-order valence-electron chi connectivity index (χ3n) is 1.34. The summed E-state index contributed by atoms with van der Waals surface area (Å²) in [5.74, 6) is 5.19. The van der Waals surface area contributed by atoms with Gasteiger partial charge in [-0.3, -0.25) is 5.43 Å². The maximum atomic E-state index is 5.74. The molecule has 62 valence electrons. The number of nitrogen functional groups attached to an aromatic ring is 1. The number of thiazole rings is 1. The van der Waals surface area contributed by atoms with Crippen molar-refractivity contribution in [2.24, 2.45) is 5.84 Å². The van der Waals surface area contributed by atoms with E-state index >= 15 is 0 Å². The second-order valence-corrected chi connectivity index (χ2v) is 3.61. The van der Waals surface area contributed by atoms with Crippen LogP contribution in [0.4, 0.5) is 5.13 Å². The molecule has 0 saturated heterocycles. The Bertz CT molecular complexity index is 413. The van der Waals surface area contributed by atoms with Gasteiger partial charge in [0.2, 0.25) is 0 Å². The summed E-state index contributed by atoms with van der Waals surface area (Å²) in [6.07, 6.45) is 1.56. The Hall–Kier alpha value is -0.910. The van der Waals surface area contributed by atoms with E-state index in [1.807, 2.05) is 6.07 Å². The Kier molecular flexibility index (Phi) is 1.84. The molecular formula is C6H5ClN4S. The Morgan fingerprint density at radius 2 is 2.42 bits per heavy atom. The van der Waals surface area contributed by atoms with Crippen molar-refractivity contribution in [3.8, 4) is 0 Å². The Morgan fingerprint density at radius 3 is 3.17 bits per heavy atom. The molecule has 12 heavy (non-hydrogen) atoms. The van der Waals surface area contributed by atoms with Crippen LogP contribution < -0.4 is 11.3 Å². The molecule has 2 rings (SSSR count). The lowest BCUT2D eigenvalue weighted by molar-refractivity contribution is 1.27. The average Bonchev–Trinajstić information content (AvgIpc) is 2.46. The minimum atomic E-state index is 0.606. The zero-order valence-corrected chi connectivity index (χ0v) is 7.49. The zero-order valence-electron chi connectivity index (χ0n) is 5.91. The summed E-state index contributed by atoms with van der Waals surface area (Å²) in [5.41, 5.74) is 3.12. The highest BCUT2D eigenvalue weighted by atomic mass is 35.5. The van der Waals surface area contributed by atoms with Crippen LogP contribution in [0.1, 0.15) is 0 Å². The number of hydrogen-bond donors (Lipinski definition) is 2. The normalized spacial score (nSPS) is 10.5. The van der Waals surface area contributed by atoms with E-state index in [0.717, 1.165) is 4.70 Å². The molecule has 0 amide bonds. The van der Waals surface area contributed by atoms with E-state index in [2.05, 4.69) is 15.4 Å². The minimum absolute atomic E-state index is 0.606. The van der Waals surface area contributed by atoms with E-state index in [9.17, 15) is 0 Å². The summed E-state index contributed by atoms with van der Waals surface area (Å²) in [6, 6.07) is 1.81. The quantitative estimate of drug-likeness (QED) is 0.543. The Morgan fingerprint density at radius 1 is 1.58 bits per heavy atom. The molecule has 3 N–H and O–H groups in total. The molecule has 0 aromatic carbocycles. The van der Waals surface area contributed by atoms with Gasteiger partial charge in [0.05, 0.1) is 9.72 Å². The lowest BCUT2D eigenvalue weighted by Gasteiger charge is -1.85. The fourth-order valence-corrected chi connectivity index (χ4v) is 1.85. The summed E-state index contributed by atoms with van der Waals surface area (Å²) >= 11 is 7.15. The monoisotopic (exact) mass is 200 g/mol. The summed E-state index contributed by atoms with van der Waals surface area (Å²) in [7, 11) is 0. The lowest BCUT2D eigenvalue weighted by Crippen LogP contribution is -2.05. The number of hydrogen-bond acceptors (Lipinski definition) is 5. The number of halogens is 1. The topological polar surface area (TPSA) is 63.8 Å². The second-order valence-electron chi connectivity index (χ2n) is 2.14. The van der Waals surface area contributed by atoms with Crippen molar-refractivity contribution in [2.75, 3.05) is 5.43 Å². The van der Waals surface area contributed by atoms with Crippen molar-refractivity contribution >= 4 is 38.4 Å². The smallest absolute Gasteiger partial charge is 0.199 e. The van der Waals surface area contributed by atoms with E-state index in [1.165, 1.54) is 11.3 Å². The van der Waals surface area contributed by atoms with Crippen molar-refractivity contribution in [2.45, 2.75) is 0 Å². The number of anilines is 1. The summed E-state index contributed by atoms with van der Waals surface area (Å²) < 4.78 is 0.926. The summed E-state index contributed by atoms with van der Waals surface area (Å²) in [4.78, 5) is 8.11. The first kappa shape index (κ1) is 7.72. The summed E-state index contributed by atoms with van der Waals surface area (Å²) in [5, 5.41) is 1.24. The fraction of sp³-hybridized carbons (Fsp3) is 0. The molecule has 0 atom stereocenters. The molecule has 6 heteroatoms. The van der Waals surface area contributed by atoms with Crippen LogP contribution in [0.3, 0.4) is 0 Å². The largest absolute Gasteiger partial charge is 0.300 e. The Labute approximate surface area is 77.4 Å². The molecule has 0 radical (unpaired) electrons. The SMILES string of the molecule is NNc1nc2ncc(Cl)cc2s1. The van der Waals surface area contributed by atoms with Crippen molar-refractivity contribution < 1.29 is 0 Å². The zero-order chi connectivity index (χ0) is 8.55. The second kappa shape index (κ2) is 2.85. The molecular weight excluding hydrogens is 196 g/mol. The molecule has 0 aliphatic heterocycles. The van der Waals surface area contributed by atoms with Gasteiger partial charge in [-0.2, -0.15) is 4.98 Å². The molecule has 2 heterocycles. The van der Waals surface area contributed by atoms with E-state index in [-0.39, 0.29) is 0 Å². The molecule has 0 saturated carbocycles. The van der Waals surface area contributed by atoms with Crippen LogP contribution >= 0.6 is 22.9 Å².